The van der Waals surface area contributed by atoms with Crippen molar-refractivity contribution in [3.63, 3.8) is 0 Å². The topological polar surface area (TPSA) is 55.4 Å². The Kier molecular flexibility index (Phi) is 4.98. The molecule has 4 nitrogen and oxygen atoms in total. The molecule has 2 aromatic rings. The van der Waals surface area contributed by atoms with Crippen LogP contribution in [0.5, 0.6) is 0 Å². The molecule has 1 N–H and O–H groups in total. The van der Waals surface area contributed by atoms with Gasteiger partial charge in [-0.15, -0.1) is 11.3 Å². The molecular formula is C17H16ClNO3S. The number of benzene rings is 1. The SMILES string of the molecule is O=C(COC(=O)c1cc2c(s1)CCC2)NCc1ccc(Cl)cc1. The highest BCUT2D eigenvalue weighted by atomic mass is 35.5. The first kappa shape index (κ1) is 16.0. The maximum Gasteiger partial charge on any atom is 0.348 e. The Morgan fingerprint density at radius 1 is 1.22 bits per heavy atom. The predicted molar refractivity (Wildman–Crippen MR) is 89.9 cm³/mol. The number of halogens is 1. The van der Waals surface area contributed by atoms with Crippen LogP contribution in [0, 0.1) is 0 Å². The Hall–Kier alpha value is -1.85. The minimum absolute atomic E-state index is 0.269. The molecule has 23 heavy (non-hydrogen) atoms. The van der Waals surface area contributed by atoms with Crippen molar-refractivity contribution in [2.24, 2.45) is 0 Å². The number of carbonyl (C=O) groups excluding carboxylic acids is 2. The van der Waals surface area contributed by atoms with Gasteiger partial charge in [0.2, 0.25) is 0 Å². The van der Waals surface area contributed by atoms with E-state index < -0.39 is 5.97 Å². The van der Waals surface area contributed by atoms with E-state index >= 15 is 0 Å². The summed E-state index contributed by atoms with van der Waals surface area (Å²) < 4.78 is 5.07. The fraction of sp³-hybridized carbons (Fsp3) is 0.294. The van der Waals surface area contributed by atoms with Crippen LogP contribution in [0.4, 0.5) is 0 Å². The summed E-state index contributed by atoms with van der Waals surface area (Å²) in [5.41, 5.74) is 2.18. The highest BCUT2D eigenvalue weighted by Crippen LogP contribution is 2.30. The van der Waals surface area contributed by atoms with E-state index in [1.807, 2.05) is 18.2 Å². The molecule has 0 saturated heterocycles. The predicted octanol–water partition coefficient (Wildman–Crippen LogP) is 3.36. The molecular weight excluding hydrogens is 334 g/mol. The lowest BCUT2D eigenvalue weighted by molar-refractivity contribution is -0.124. The number of fused-ring (bicyclic) bond motifs is 1. The number of esters is 1. The smallest absolute Gasteiger partial charge is 0.348 e. The number of hydrogen-bond donors (Lipinski definition) is 1. The van der Waals surface area contributed by atoms with E-state index in [1.165, 1.54) is 21.8 Å². The van der Waals surface area contributed by atoms with Gasteiger partial charge in [0.25, 0.3) is 5.91 Å². The summed E-state index contributed by atoms with van der Waals surface area (Å²) in [7, 11) is 0. The van der Waals surface area contributed by atoms with Gasteiger partial charge in [-0.25, -0.2) is 4.79 Å². The van der Waals surface area contributed by atoms with Crippen LogP contribution in [-0.2, 0) is 28.9 Å². The Morgan fingerprint density at radius 3 is 2.74 bits per heavy atom. The highest BCUT2D eigenvalue weighted by Gasteiger charge is 2.19. The van der Waals surface area contributed by atoms with E-state index in [-0.39, 0.29) is 12.5 Å². The molecule has 1 aromatic carbocycles. The quantitative estimate of drug-likeness (QED) is 0.842. The standard InChI is InChI=1S/C17H16ClNO3S/c18-13-6-4-11(5-7-13)9-19-16(20)10-22-17(21)15-8-12-2-1-3-14(12)23-15/h4-8H,1-3,9-10H2,(H,19,20). The summed E-state index contributed by atoms with van der Waals surface area (Å²) in [5.74, 6) is -0.747. The third-order valence-electron chi connectivity index (χ3n) is 3.69. The molecule has 1 aliphatic rings. The summed E-state index contributed by atoms with van der Waals surface area (Å²) in [6, 6.07) is 9.09. The van der Waals surface area contributed by atoms with Crippen molar-refractivity contribution in [3.8, 4) is 0 Å². The summed E-state index contributed by atoms with van der Waals surface area (Å²) in [4.78, 5) is 25.6. The van der Waals surface area contributed by atoms with Gasteiger partial charge in [0.05, 0.1) is 0 Å². The molecule has 0 spiro atoms. The highest BCUT2D eigenvalue weighted by molar-refractivity contribution is 7.14. The largest absolute Gasteiger partial charge is 0.451 e. The third kappa shape index (κ3) is 4.12. The lowest BCUT2D eigenvalue weighted by atomic mass is 10.2. The second-order valence-electron chi connectivity index (χ2n) is 5.39. The second-order valence-corrected chi connectivity index (χ2v) is 6.97. The van der Waals surface area contributed by atoms with Crippen LogP contribution in [-0.4, -0.2) is 18.5 Å². The molecule has 0 aliphatic heterocycles. The number of ether oxygens (including phenoxy) is 1. The molecule has 1 amide bonds. The molecule has 0 radical (unpaired) electrons. The molecule has 0 bridgehead atoms. The van der Waals surface area contributed by atoms with Gasteiger partial charge >= 0.3 is 5.97 Å². The molecule has 120 valence electrons. The Labute approximate surface area is 143 Å². The van der Waals surface area contributed by atoms with Crippen molar-refractivity contribution >= 4 is 34.8 Å². The maximum atomic E-state index is 12.0. The average molecular weight is 350 g/mol. The van der Waals surface area contributed by atoms with Crippen molar-refractivity contribution in [1.29, 1.82) is 0 Å². The van der Waals surface area contributed by atoms with Crippen LogP contribution in [0.3, 0.4) is 0 Å². The fourth-order valence-corrected chi connectivity index (χ4v) is 3.76. The van der Waals surface area contributed by atoms with Crippen LogP contribution in [0.25, 0.3) is 0 Å². The van der Waals surface area contributed by atoms with Crippen molar-refractivity contribution < 1.29 is 14.3 Å². The average Bonchev–Trinajstić information content (AvgIpc) is 3.13. The van der Waals surface area contributed by atoms with Gasteiger partial charge in [0.1, 0.15) is 4.88 Å². The van der Waals surface area contributed by atoms with Crippen molar-refractivity contribution in [3.05, 3.63) is 56.2 Å². The molecule has 1 heterocycles. The molecule has 0 saturated carbocycles. The minimum Gasteiger partial charge on any atom is -0.451 e. The lowest BCUT2D eigenvalue weighted by Crippen LogP contribution is -2.28. The summed E-state index contributed by atoms with van der Waals surface area (Å²) >= 11 is 7.28. The third-order valence-corrected chi connectivity index (χ3v) is 5.15. The zero-order valence-electron chi connectivity index (χ0n) is 12.4. The fourth-order valence-electron chi connectivity index (χ4n) is 2.49. The summed E-state index contributed by atoms with van der Waals surface area (Å²) in [6.07, 6.45) is 3.22. The molecule has 1 aromatic heterocycles. The number of nitrogens with one attached hydrogen (secondary N) is 1. The van der Waals surface area contributed by atoms with Crippen LogP contribution < -0.4 is 5.32 Å². The van der Waals surface area contributed by atoms with Gasteiger partial charge in [-0.3, -0.25) is 4.79 Å². The van der Waals surface area contributed by atoms with Crippen molar-refractivity contribution in [2.75, 3.05) is 6.61 Å². The van der Waals surface area contributed by atoms with Gasteiger partial charge < -0.3 is 10.1 Å². The maximum absolute atomic E-state index is 12.0. The minimum atomic E-state index is -0.425. The molecule has 0 atom stereocenters. The van der Waals surface area contributed by atoms with E-state index in [0.717, 1.165) is 24.8 Å². The monoisotopic (exact) mass is 349 g/mol. The normalized spacial score (nSPS) is 12.7. The number of rotatable bonds is 5. The van der Waals surface area contributed by atoms with Crippen molar-refractivity contribution in [2.45, 2.75) is 25.8 Å². The van der Waals surface area contributed by atoms with E-state index in [0.29, 0.717) is 16.4 Å². The first-order chi connectivity index (χ1) is 11.1. The van der Waals surface area contributed by atoms with Gasteiger partial charge in [-0.05, 0) is 48.6 Å². The zero-order chi connectivity index (χ0) is 16.2. The summed E-state index contributed by atoms with van der Waals surface area (Å²) in [5, 5.41) is 3.36. The molecule has 6 heteroatoms. The first-order valence-corrected chi connectivity index (χ1v) is 8.61. The van der Waals surface area contributed by atoms with Crippen LogP contribution in [0.15, 0.2) is 30.3 Å². The lowest BCUT2D eigenvalue weighted by Gasteiger charge is -2.06. The van der Waals surface area contributed by atoms with E-state index in [4.69, 9.17) is 16.3 Å². The van der Waals surface area contributed by atoms with Crippen LogP contribution in [0.2, 0.25) is 5.02 Å². The number of carbonyl (C=O) groups is 2. The van der Waals surface area contributed by atoms with E-state index in [9.17, 15) is 9.59 Å². The first-order valence-electron chi connectivity index (χ1n) is 7.41. The number of aryl methyl sites for hydroxylation is 2. The van der Waals surface area contributed by atoms with Gasteiger partial charge in [0.15, 0.2) is 6.61 Å². The van der Waals surface area contributed by atoms with Gasteiger partial charge in [-0.2, -0.15) is 0 Å². The van der Waals surface area contributed by atoms with E-state index in [1.54, 1.807) is 12.1 Å². The van der Waals surface area contributed by atoms with Gasteiger partial charge in [0, 0.05) is 16.4 Å². The van der Waals surface area contributed by atoms with Gasteiger partial charge in [-0.1, -0.05) is 23.7 Å². The number of amides is 1. The molecule has 0 fully saturated rings. The molecule has 0 unspecified atom stereocenters. The molecule has 3 rings (SSSR count). The number of hydrogen-bond acceptors (Lipinski definition) is 4. The zero-order valence-corrected chi connectivity index (χ0v) is 14.0. The number of thiophene rings is 1. The Balaban J connectivity index is 1.44. The summed E-state index contributed by atoms with van der Waals surface area (Å²) in [6.45, 7) is 0.107. The molecule has 1 aliphatic carbocycles. The Morgan fingerprint density at radius 2 is 2.00 bits per heavy atom. The van der Waals surface area contributed by atoms with Crippen molar-refractivity contribution in [1.82, 2.24) is 5.32 Å². The van der Waals surface area contributed by atoms with Crippen LogP contribution >= 0.6 is 22.9 Å². The second kappa shape index (κ2) is 7.15. The van der Waals surface area contributed by atoms with Crippen LogP contribution in [0.1, 0.15) is 32.1 Å². The Bertz CT molecular complexity index is 702. The van der Waals surface area contributed by atoms with E-state index in [2.05, 4.69) is 5.32 Å².